The molecule has 0 fully saturated rings. The van der Waals surface area contributed by atoms with Crippen LogP contribution in [0.5, 0.6) is 5.75 Å². The van der Waals surface area contributed by atoms with E-state index >= 15 is 0 Å². The fourth-order valence-corrected chi connectivity index (χ4v) is 3.54. The van der Waals surface area contributed by atoms with E-state index in [0.717, 1.165) is 16.8 Å². The van der Waals surface area contributed by atoms with Crippen LogP contribution in [-0.2, 0) is 0 Å². The Bertz CT molecular complexity index is 758. The molecule has 0 amide bonds. The topological polar surface area (TPSA) is 32.3 Å². The van der Waals surface area contributed by atoms with Gasteiger partial charge in [-0.3, -0.25) is 0 Å². The maximum absolute atomic E-state index is 9.75. The Hall–Kier alpha value is -2.00. The van der Waals surface area contributed by atoms with E-state index < -0.39 is 0 Å². The SMILES string of the molecule is Cc1cc(NC(C)c2cc3ccccc3s2)c(C)cc1O. The molecule has 1 heterocycles. The number of hydrogen-bond donors (Lipinski definition) is 2. The standard InChI is InChI=1S/C18H19NOS/c1-11-9-16(20)12(2)8-15(11)19-13(3)18-10-14-6-4-5-7-17(14)21-18/h4-10,13,19-20H,1-3H3. The fourth-order valence-electron chi connectivity index (χ4n) is 2.48. The van der Waals surface area contributed by atoms with Crippen molar-refractivity contribution in [3.05, 3.63) is 58.5 Å². The third-order valence-electron chi connectivity index (χ3n) is 3.79. The Labute approximate surface area is 129 Å². The molecule has 3 rings (SSSR count). The number of aromatic hydroxyl groups is 1. The monoisotopic (exact) mass is 297 g/mol. The highest BCUT2D eigenvalue weighted by atomic mass is 32.1. The Morgan fingerprint density at radius 3 is 2.57 bits per heavy atom. The van der Waals surface area contributed by atoms with Crippen LogP contribution in [0.2, 0.25) is 0 Å². The molecule has 21 heavy (non-hydrogen) atoms. The number of phenolic OH excluding ortho intramolecular Hbond substituents is 1. The molecule has 0 aliphatic rings. The van der Waals surface area contributed by atoms with Crippen LogP contribution in [-0.4, -0.2) is 5.11 Å². The van der Waals surface area contributed by atoms with Gasteiger partial charge in [-0.05, 0) is 61.5 Å². The molecule has 2 nitrogen and oxygen atoms in total. The molecule has 1 atom stereocenters. The van der Waals surface area contributed by atoms with Gasteiger partial charge in [0.1, 0.15) is 5.75 Å². The Morgan fingerprint density at radius 1 is 1.05 bits per heavy atom. The number of nitrogens with one attached hydrogen (secondary N) is 1. The molecule has 0 bridgehead atoms. The first kappa shape index (κ1) is 14.0. The summed E-state index contributed by atoms with van der Waals surface area (Å²) in [5, 5.41) is 14.6. The summed E-state index contributed by atoms with van der Waals surface area (Å²) >= 11 is 1.83. The summed E-state index contributed by atoms with van der Waals surface area (Å²) in [7, 11) is 0. The summed E-state index contributed by atoms with van der Waals surface area (Å²) in [6, 6.07) is 14.8. The van der Waals surface area contributed by atoms with Gasteiger partial charge < -0.3 is 10.4 Å². The number of thiophene rings is 1. The van der Waals surface area contributed by atoms with Crippen LogP contribution in [0.1, 0.15) is 29.0 Å². The zero-order valence-corrected chi connectivity index (χ0v) is 13.3. The van der Waals surface area contributed by atoms with E-state index in [-0.39, 0.29) is 6.04 Å². The van der Waals surface area contributed by atoms with Crippen LogP contribution in [0.4, 0.5) is 5.69 Å². The van der Waals surface area contributed by atoms with Crippen LogP contribution in [0.3, 0.4) is 0 Å². The summed E-state index contributed by atoms with van der Waals surface area (Å²) in [6.45, 7) is 6.11. The van der Waals surface area contributed by atoms with Crippen molar-refractivity contribution in [1.82, 2.24) is 0 Å². The van der Waals surface area contributed by atoms with Gasteiger partial charge in [-0.2, -0.15) is 0 Å². The third kappa shape index (κ3) is 2.74. The first-order chi connectivity index (χ1) is 10.0. The Morgan fingerprint density at radius 2 is 1.81 bits per heavy atom. The van der Waals surface area contributed by atoms with Gasteiger partial charge in [-0.15, -0.1) is 11.3 Å². The summed E-state index contributed by atoms with van der Waals surface area (Å²) in [5.74, 6) is 0.354. The molecule has 3 aromatic rings. The van der Waals surface area contributed by atoms with E-state index in [4.69, 9.17) is 0 Å². The molecule has 2 N–H and O–H groups in total. The van der Waals surface area contributed by atoms with Gasteiger partial charge in [0.05, 0.1) is 6.04 Å². The van der Waals surface area contributed by atoms with Gasteiger partial charge in [0.2, 0.25) is 0 Å². The average Bonchev–Trinajstić information content (AvgIpc) is 2.88. The number of hydrogen-bond acceptors (Lipinski definition) is 3. The van der Waals surface area contributed by atoms with Gasteiger partial charge >= 0.3 is 0 Å². The Balaban J connectivity index is 1.89. The molecule has 1 unspecified atom stereocenters. The molecule has 0 saturated heterocycles. The average molecular weight is 297 g/mol. The molecule has 1 aromatic heterocycles. The predicted octanol–water partition coefficient (Wildman–Crippen LogP) is 5.40. The van der Waals surface area contributed by atoms with E-state index in [9.17, 15) is 5.11 Å². The first-order valence-corrected chi connectivity index (χ1v) is 7.91. The second-order valence-corrected chi connectivity index (χ2v) is 6.62. The summed E-state index contributed by atoms with van der Waals surface area (Å²) < 4.78 is 1.32. The third-order valence-corrected chi connectivity index (χ3v) is 5.09. The molecule has 3 heteroatoms. The van der Waals surface area contributed by atoms with Crippen molar-refractivity contribution in [2.75, 3.05) is 5.32 Å². The number of aryl methyl sites for hydroxylation is 2. The van der Waals surface area contributed by atoms with E-state index in [1.165, 1.54) is 15.0 Å². The smallest absolute Gasteiger partial charge is 0.118 e. The molecular weight excluding hydrogens is 278 g/mol. The van der Waals surface area contributed by atoms with Crippen molar-refractivity contribution in [3.8, 4) is 5.75 Å². The van der Waals surface area contributed by atoms with Gasteiger partial charge in [0.15, 0.2) is 0 Å². The van der Waals surface area contributed by atoms with Crippen LogP contribution in [0, 0.1) is 13.8 Å². The van der Waals surface area contributed by atoms with Crippen molar-refractivity contribution in [2.45, 2.75) is 26.8 Å². The number of rotatable bonds is 3. The highest BCUT2D eigenvalue weighted by Crippen LogP contribution is 2.33. The van der Waals surface area contributed by atoms with E-state index in [2.05, 4.69) is 42.6 Å². The lowest BCUT2D eigenvalue weighted by atomic mass is 10.1. The maximum atomic E-state index is 9.75. The largest absolute Gasteiger partial charge is 0.508 e. The van der Waals surface area contributed by atoms with Gasteiger partial charge in [0, 0.05) is 15.3 Å². The molecular formula is C18H19NOS. The highest BCUT2D eigenvalue weighted by molar-refractivity contribution is 7.19. The van der Waals surface area contributed by atoms with E-state index in [1.54, 1.807) is 0 Å². The number of anilines is 1. The quantitative estimate of drug-likeness (QED) is 0.635. The summed E-state index contributed by atoms with van der Waals surface area (Å²) in [6.07, 6.45) is 0. The number of phenols is 1. The second-order valence-electron chi connectivity index (χ2n) is 5.51. The minimum atomic E-state index is 0.241. The first-order valence-electron chi connectivity index (χ1n) is 7.10. The van der Waals surface area contributed by atoms with E-state index in [0.29, 0.717) is 5.75 Å². The van der Waals surface area contributed by atoms with Crippen LogP contribution in [0.15, 0.2) is 42.5 Å². The molecule has 0 aliphatic heterocycles. The molecule has 2 aromatic carbocycles. The molecule has 0 radical (unpaired) electrons. The van der Waals surface area contributed by atoms with Gasteiger partial charge in [-0.1, -0.05) is 18.2 Å². The fraction of sp³-hybridized carbons (Fsp3) is 0.222. The zero-order valence-electron chi connectivity index (χ0n) is 12.5. The molecule has 108 valence electrons. The normalized spacial score (nSPS) is 12.5. The van der Waals surface area contributed by atoms with Crippen molar-refractivity contribution < 1.29 is 5.11 Å². The van der Waals surface area contributed by atoms with Gasteiger partial charge in [0.25, 0.3) is 0 Å². The summed E-state index contributed by atoms with van der Waals surface area (Å²) in [5.41, 5.74) is 3.04. The minimum absolute atomic E-state index is 0.241. The minimum Gasteiger partial charge on any atom is -0.508 e. The molecule has 0 spiro atoms. The van der Waals surface area contributed by atoms with Crippen molar-refractivity contribution >= 4 is 27.1 Å². The van der Waals surface area contributed by atoms with Crippen molar-refractivity contribution in [3.63, 3.8) is 0 Å². The van der Waals surface area contributed by atoms with Crippen LogP contribution >= 0.6 is 11.3 Å². The van der Waals surface area contributed by atoms with Gasteiger partial charge in [-0.25, -0.2) is 0 Å². The lowest BCUT2D eigenvalue weighted by Gasteiger charge is -2.17. The van der Waals surface area contributed by atoms with Crippen LogP contribution in [0.25, 0.3) is 10.1 Å². The van der Waals surface area contributed by atoms with E-state index in [1.807, 2.05) is 37.3 Å². The lowest BCUT2D eigenvalue weighted by molar-refractivity contribution is 0.471. The van der Waals surface area contributed by atoms with Crippen molar-refractivity contribution in [1.29, 1.82) is 0 Å². The summed E-state index contributed by atoms with van der Waals surface area (Å²) in [4.78, 5) is 1.32. The lowest BCUT2D eigenvalue weighted by Crippen LogP contribution is -2.06. The number of fused-ring (bicyclic) bond motifs is 1. The zero-order chi connectivity index (χ0) is 15.0. The number of benzene rings is 2. The molecule has 0 aliphatic carbocycles. The van der Waals surface area contributed by atoms with Crippen LogP contribution < -0.4 is 5.32 Å². The second kappa shape index (κ2) is 5.41. The maximum Gasteiger partial charge on any atom is 0.118 e. The van der Waals surface area contributed by atoms with Crippen molar-refractivity contribution in [2.24, 2.45) is 0 Å². The Kier molecular flexibility index (Phi) is 3.60. The highest BCUT2D eigenvalue weighted by Gasteiger charge is 2.11. The predicted molar refractivity (Wildman–Crippen MR) is 91.4 cm³/mol. The molecule has 0 saturated carbocycles.